The average Bonchev–Trinajstić information content (AvgIpc) is 3.06. The Labute approximate surface area is 154 Å². The third-order valence-corrected chi connectivity index (χ3v) is 5.01. The van der Waals surface area contributed by atoms with Crippen molar-refractivity contribution in [3.8, 4) is 0 Å². The summed E-state index contributed by atoms with van der Waals surface area (Å²) in [5.74, 6) is -0.389. The molecule has 1 aliphatic heterocycles. The number of hydrogen-bond acceptors (Lipinski definition) is 5. The quantitative estimate of drug-likeness (QED) is 0.771. The van der Waals surface area contributed by atoms with Crippen molar-refractivity contribution in [1.29, 1.82) is 0 Å². The number of nitrogens with one attached hydrogen (secondary N) is 1. The van der Waals surface area contributed by atoms with Crippen LogP contribution in [-0.2, 0) is 16.1 Å². The van der Waals surface area contributed by atoms with Crippen molar-refractivity contribution in [1.82, 2.24) is 9.99 Å². The van der Waals surface area contributed by atoms with E-state index in [0.29, 0.717) is 23.8 Å². The summed E-state index contributed by atoms with van der Waals surface area (Å²) in [5, 5.41) is 8.97. The summed E-state index contributed by atoms with van der Waals surface area (Å²) >= 11 is 1.41. The lowest BCUT2D eigenvalue weighted by Crippen LogP contribution is -2.35. The first kappa shape index (κ1) is 16.4. The van der Waals surface area contributed by atoms with Crippen molar-refractivity contribution in [3.63, 3.8) is 0 Å². The van der Waals surface area contributed by atoms with Gasteiger partial charge in [-0.05, 0) is 17.7 Å². The fourth-order valence-electron chi connectivity index (χ4n) is 2.74. The van der Waals surface area contributed by atoms with Gasteiger partial charge in [-0.3, -0.25) is 14.9 Å². The molecule has 0 atom stereocenters. The van der Waals surface area contributed by atoms with Crippen LogP contribution in [0.15, 0.2) is 59.7 Å². The highest BCUT2D eigenvalue weighted by Gasteiger charge is 2.25. The summed E-state index contributed by atoms with van der Waals surface area (Å²) in [6, 6.07) is 17.3. The van der Waals surface area contributed by atoms with E-state index in [1.54, 1.807) is 0 Å². The average molecular weight is 364 g/mol. The molecule has 1 aliphatic rings. The summed E-state index contributed by atoms with van der Waals surface area (Å²) in [5.41, 5.74) is 2.16. The van der Waals surface area contributed by atoms with E-state index in [1.807, 2.05) is 54.6 Å². The van der Waals surface area contributed by atoms with Gasteiger partial charge in [0.1, 0.15) is 5.71 Å². The lowest BCUT2D eigenvalue weighted by atomic mass is 10.1. The Balaban J connectivity index is 1.51. The van der Waals surface area contributed by atoms with Crippen LogP contribution in [-0.4, -0.2) is 27.5 Å². The minimum Gasteiger partial charge on any atom is -0.297 e. The van der Waals surface area contributed by atoms with Gasteiger partial charge in [0.2, 0.25) is 5.91 Å². The topological polar surface area (TPSA) is 74.7 Å². The van der Waals surface area contributed by atoms with Crippen molar-refractivity contribution >= 4 is 44.2 Å². The molecule has 7 heteroatoms. The van der Waals surface area contributed by atoms with Gasteiger partial charge < -0.3 is 0 Å². The van der Waals surface area contributed by atoms with Gasteiger partial charge in [0.05, 0.1) is 16.8 Å². The van der Waals surface area contributed by atoms with Gasteiger partial charge in [-0.2, -0.15) is 5.10 Å². The van der Waals surface area contributed by atoms with Crippen LogP contribution in [0, 0.1) is 0 Å². The van der Waals surface area contributed by atoms with Gasteiger partial charge in [0.15, 0.2) is 5.13 Å². The van der Waals surface area contributed by atoms with E-state index in [-0.39, 0.29) is 18.2 Å². The molecule has 0 radical (unpaired) electrons. The molecule has 2 amide bonds. The maximum absolute atomic E-state index is 12.5. The number of aromatic nitrogens is 1. The maximum Gasteiger partial charge on any atom is 0.273 e. The van der Waals surface area contributed by atoms with Crippen LogP contribution in [0.1, 0.15) is 18.4 Å². The number of nitrogens with zero attached hydrogens (tertiary/aromatic N) is 3. The number of anilines is 1. The molecule has 1 N–H and O–H groups in total. The Morgan fingerprint density at radius 1 is 1.08 bits per heavy atom. The lowest BCUT2D eigenvalue weighted by molar-refractivity contribution is -0.132. The van der Waals surface area contributed by atoms with Gasteiger partial charge >= 0.3 is 0 Å². The third kappa shape index (κ3) is 3.48. The van der Waals surface area contributed by atoms with Crippen LogP contribution in [0.25, 0.3) is 10.2 Å². The number of hydrogen-bond donors (Lipinski definition) is 1. The van der Waals surface area contributed by atoms with Crippen molar-refractivity contribution in [2.45, 2.75) is 19.4 Å². The first-order valence-corrected chi connectivity index (χ1v) is 9.09. The summed E-state index contributed by atoms with van der Waals surface area (Å²) in [4.78, 5) is 29.1. The Bertz CT molecular complexity index is 964. The molecule has 0 fully saturated rings. The van der Waals surface area contributed by atoms with E-state index >= 15 is 0 Å². The van der Waals surface area contributed by atoms with Crippen LogP contribution in [0.4, 0.5) is 5.13 Å². The fraction of sp³-hybridized carbons (Fsp3) is 0.158. The number of para-hydroxylation sites is 1. The van der Waals surface area contributed by atoms with Gasteiger partial charge in [-0.1, -0.05) is 53.8 Å². The molecular weight excluding hydrogens is 348 g/mol. The van der Waals surface area contributed by atoms with E-state index in [2.05, 4.69) is 15.4 Å². The van der Waals surface area contributed by atoms with E-state index in [1.165, 1.54) is 16.3 Å². The van der Waals surface area contributed by atoms with E-state index < -0.39 is 0 Å². The number of amides is 2. The molecule has 130 valence electrons. The maximum atomic E-state index is 12.5. The molecule has 0 aliphatic carbocycles. The molecule has 6 nitrogen and oxygen atoms in total. The molecule has 0 bridgehead atoms. The zero-order valence-electron chi connectivity index (χ0n) is 13.9. The number of carbonyl (C=O) groups is 2. The lowest BCUT2D eigenvalue weighted by Gasteiger charge is -2.23. The van der Waals surface area contributed by atoms with E-state index in [4.69, 9.17) is 0 Å². The summed E-state index contributed by atoms with van der Waals surface area (Å²) in [7, 11) is 0. The zero-order chi connectivity index (χ0) is 17.9. The van der Waals surface area contributed by atoms with Crippen LogP contribution < -0.4 is 5.32 Å². The first-order valence-electron chi connectivity index (χ1n) is 8.28. The van der Waals surface area contributed by atoms with Crippen molar-refractivity contribution in [3.05, 3.63) is 60.2 Å². The van der Waals surface area contributed by atoms with Gasteiger partial charge in [-0.25, -0.2) is 9.99 Å². The molecule has 26 heavy (non-hydrogen) atoms. The van der Waals surface area contributed by atoms with Crippen LogP contribution in [0.2, 0.25) is 0 Å². The SMILES string of the molecule is O=C(Nc1nc2ccccc2s1)C1=NN(Cc2ccccc2)C(=O)CC1. The minimum atomic E-state index is -0.311. The zero-order valence-corrected chi connectivity index (χ0v) is 14.7. The second-order valence-corrected chi connectivity index (χ2v) is 6.96. The standard InChI is InChI=1S/C19H16N4O2S/c24-17-11-10-15(22-23(17)12-13-6-2-1-3-7-13)18(25)21-19-20-14-8-4-5-9-16(14)26-19/h1-9H,10-12H2,(H,20,21,25). The molecule has 0 spiro atoms. The highest BCUT2D eigenvalue weighted by atomic mass is 32.1. The molecule has 2 heterocycles. The predicted molar refractivity (Wildman–Crippen MR) is 102 cm³/mol. The van der Waals surface area contributed by atoms with Crippen molar-refractivity contribution in [2.24, 2.45) is 5.10 Å². The summed E-state index contributed by atoms with van der Waals surface area (Å²) < 4.78 is 1.01. The number of fused-ring (bicyclic) bond motifs is 1. The number of thiazole rings is 1. The van der Waals surface area contributed by atoms with E-state index in [9.17, 15) is 9.59 Å². The predicted octanol–water partition coefficient (Wildman–Crippen LogP) is 3.41. The molecular formula is C19H16N4O2S. The molecule has 3 aromatic rings. The molecule has 4 rings (SSSR count). The summed E-state index contributed by atoms with van der Waals surface area (Å²) in [6.45, 7) is 0.359. The fourth-order valence-corrected chi connectivity index (χ4v) is 3.60. The number of benzene rings is 2. The monoisotopic (exact) mass is 364 g/mol. The highest BCUT2D eigenvalue weighted by Crippen LogP contribution is 2.25. The Kier molecular flexibility index (Phi) is 4.45. The third-order valence-electron chi connectivity index (χ3n) is 4.06. The molecule has 1 aromatic heterocycles. The Morgan fingerprint density at radius 2 is 1.85 bits per heavy atom. The molecule has 0 saturated carbocycles. The molecule has 0 saturated heterocycles. The van der Waals surface area contributed by atoms with Crippen molar-refractivity contribution < 1.29 is 9.59 Å². The van der Waals surface area contributed by atoms with Crippen molar-refractivity contribution in [2.75, 3.05) is 5.32 Å². The first-order chi connectivity index (χ1) is 12.7. The highest BCUT2D eigenvalue weighted by molar-refractivity contribution is 7.22. The number of hydrazone groups is 1. The van der Waals surface area contributed by atoms with E-state index in [0.717, 1.165) is 15.8 Å². The largest absolute Gasteiger partial charge is 0.297 e. The normalized spacial score (nSPS) is 14.4. The van der Waals surface area contributed by atoms with Gasteiger partial charge in [0.25, 0.3) is 5.91 Å². The smallest absolute Gasteiger partial charge is 0.273 e. The summed E-state index contributed by atoms with van der Waals surface area (Å²) in [6.07, 6.45) is 0.611. The van der Waals surface area contributed by atoms with Crippen LogP contribution in [0.3, 0.4) is 0 Å². The minimum absolute atomic E-state index is 0.0783. The second-order valence-electron chi connectivity index (χ2n) is 5.92. The molecule has 2 aromatic carbocycles. The Hall–Kier alpha value is -3.06. The van der Waals surface area contributed by atoms with Gasteiger partial charge in [-0.15, -0.1) is 0 Å². The number of rotatable bonds is 4. The van der Waals surface area contributed by atoms with Gasteiger partial charge in [0, 0.05) is 12.8 Å². The second kappa shape index (κ2) is 7.05. The molecule has 0 unspecified atom stereocenters. The number of carbonyl (C=O) groups excluding carboxylic acids is 2. The Morgan fingerprint density at radius 3 is 2.65 bits per heavy atom. The van der Waals surface area contributed by atoms with Crippen LogP contribution in [0.5, 0.6) is 0 Å². The van der Waals surface area contributed by atoms with Crippen LogP contribution >= 0.6 is 11.3 Å².